The predicted octanol–water partition coefficient (Wildman–Crippen LogP) is 4.14. The van der Waals surface area contributed by atoms with Crippen molar-refractivity contribution in [3.8, 4) is 5.75 Å². The first kappa shape index (κ1) is 16.9. The molecule has 0 aliphatic carbocycles. The van der Waals surface area contributed by atoms with Crippen molar-refractivity contribution >= 4 is 17.3 Å². The molecule has 0 aliphatic rings. The van der Waals surface area contributed by atoms with Gasteiger partial charge in [-0.15, -0.1) is 0 Å². The van der Waals surface area contributed by atoms with Gasteiger partial charge in [0.15, 0.2) is 0 Å². The molecule has 2 aromatic carbocycles. The number of aryl methyl sites for hydroxylation is 2. The molecule has 23 heavy (non-hydrogen) atoms. The van der Waals surface area contributed by atoms with Crippen molar-refractivity contribution in [2.45, 2.75) is 27.2 Å². The number of benzene rings is 2. The summed E-state index contributed by atoms with van der Waals surface area (Å²) in [6, 6.07) is 13.8. The fourth-order valence-corrected chi connectivity index (χ4v) is 2.29. The SMILES string of the molecule is CCOc1ccccc1NCCC(=O)Nc1cc(C)ccc1C. The molecule has 1 amide bonds. The van der Waals surface area contributed by atoms with E-state index < -0.39 is 0 Å². The zero-order valence-corrected chi connectivity index (χ0v) is 14.0. The lowest BCUT2D eigenvalue weighted by atomic mass is 10.1. The molecule has 122 valence electrons. The fraction of sp³-hybridized carbons (Fsp3) is 0.316. The first-order valence-electron chi connectivity index (χ1n) is 7.93. The molecular weight excluding hydrogens is 288 g/mol. The van der Waals surface area contributed by atoms with Crippen LogP contribution in [0.5, 0.6) is 5.75 Å². The van der Waals surface area contributed by atoms with Crippen LogP contribution in [-0.2, 0) is 4.79 Å². The average Bonchev–Trinajstić information content (AvgIpc) is 2.53. The molecule has 0 unspecified atom stereocenters. The van der Waals surface area contributed by atoms with E-state index in [0.717, 1.165) is 28.3 Å². The van der Waals surface area contributed by atoms with Crippen LogP contribution in [0.3, 0.4) is 0 Å². The quantitative estimate of drug-likeness (QED) is 0.808. The lowest BCUT2D eigenvalue weighted by Crippen LogP contribution is -2.17. The molecule has 0 atom stereocenters. The number of amides is 1. The Bertz CT molecular complexity index is 668. The van der Waals surface area contributed by atoms with Gasteiger partial charge in [0, 0.05) is 18.7 Å². The van der Waals surface area contributed by atoms with Crippen LogP contribution in [-0.4, -0.2) is 19.1 Å². The fourth-order valence-electron chi connectivity index (χ4n) is 2.29. The second-order valence-corrected chi connectivity index (χ2v) is 5.47. The third-order valence-corrected chi connectivity index (χ3v) is 3.52. The normalized spacial score (nSPS) is 10.2. The van der Waals surface area contributed by atoms with Crippen LogP contribution in [0.15, 0.2) is 42.5 Å². The number of carbonyl (C=O) groups excluding carboxylic acids is 1. The summed E-state index contributed by atoms with van der Waals surface area (Å²) in [5, 5.41) is 6.22. The van der Waals surface area contributed by atoms with Crippen LogP contribution >= 0.6 is 0 Å². The lowest BCUT2D eigenvalue weighted by Gasteiger charge is -2.13. The number of anilines is 2. The van der Waals surface area contributed by atoms with E-state index in [1.807, 2.05) is 63.2 Å². The van der Waals surface area contributed by atoms with Crippen LogP contribution in [0.25, 0.3) is 0 Å². The molecule has 2 aromatic rings. The summed E-state index contributed by atoms with van der Waals surface area (Å²) in [5.74, 6) is 0.810. The van der Waals surface area contributed by atoms with Crippen LogP contribution in [0.1, 0.15) is 24.5 Å². The number of carbonyl (C=O) groups is 1. The minimum absolute atomic E-state index is 0.0000843. The second kappa shape index (κ2) is 8.22. The maximum atomic E-state index is 12.1. The van der Waals surface area contributed by atoms with E-state index in [9.17, 15) is 4.79 Å². The Kier molecular flexibility index (Phi) is 6.03. The summed E-state index contributed by atoms with van der Waals surface area (Å²) in [5.41, 5.74) is 3.99. The van der Waals surface area contributed by atoms with Gasteiger partial charge in [0.2, 0.25) is 5.91 Å². The summed E-state index contributed by atoms with van der Waals surface area (Å²) in [4.78, 5) is 12.1. The highest BCUT2D eigenvalue weighted by atomic mass is 16.5. The molecule has 0 heterocycles. The van der Waals surface area contributed by atoms with Gasteiger partial charge in [0.1, 0.15) is 5.75 Å². The van der Waals surface area contributed by atoms with Gasteiger partial charge < -0.3 is 15.4 Å². The predicted molar refractivity (Wildman–Crippen MR) is 95.3 cm³/mol. The lowest BCUT2D eigenvalue weighted by molar-refractivity contribution is -0.115. The van der Waals surface area contributed by atoms with Crippen molar-refractivity contribution in [2.75, 3.05) is 23.8 Å². The molecule has 2 rings (SSSR count). The van der Waals surface area contributed by atoms with Crippen LogP contribution < -0.4 is 15.4 Å². The summed E-state index contributed by atoms with van der Waals surface area (Å²) < 4.78 is 5.56. The molecule has 0 saturated heterocycles. The first-order chi connectivity index (χ1) is 11.1. The second-order valence-electron chi connectivity index (χ2n) is 5.47. The number of hydrogen-bond acceptors (Lipinski definition) is 3. The van der Waals surface area contributed by atoms with Crippen molar-refractivity contribution < 1.29 is 9.53 Å². The first-order valence-corrected chi connectivity index (χ1v) is 7.93. The summed E-state index contributed by atoms with van der Waals surface area (Å²) in [7, 11) is 0. The Hall–Kier alpha value is -2.49. The van der Waals surface area contributed by atoms with E-state index in [0.29, 0.717) is 19.6 Å². The van der Waals surface area contributed by atoms with E-state index in [1.54, 1.807) is 0 Å². The molecule has 0 fully saturated rings. The van der Waals surface area contributed by atoms with Crippen LogP contribution in [0.4, 0.5) is 11.4 Å². The molecule has 0 aliphatic heterocycles. The molecular formula is C19H24N2O2. The van der Waals surface area contributed by atoms with E-state index >= 15 is 0 Å². The summed E-state index contributed by atoms with van der Waals surface area (Å²) >= 11 is 0. The van der Waals surface area contributed by atoms with Gasteiger partial charge >= 0.3 is 0 Å². The van der Waals surface area contributed by atoms with Gasteiger partial charge in [-0.3, -0.25) is 4.79 Å². The number of nitrogens with one attached hydrogen (secondary N) is 2. The largest absolute Gasteiger partial charge is 0.492 e. The number of rotatable bonds is 7. The Morgan fingerprint density at radius 2 is 1.87 bits per heavy atom. The maximum Gasteiger partial charge on any atom is 0.226 e. The smallest absolute Gasteiger partial charge is 0.226 e. The van der Waals surface area contributed by atoms with E-state index in [-0.39, 0.29) is 5.91 Å². The monoisotopic (exact) mass is 312 g/mol. The van der Waals surface area contributed by atoms with Crippen molar-refractivity contribution in [2.24, 2.45) is 0 Å². The van der Waals surface area contributed by atoms with Gasteiger partial charge in [-0.2, -0.15) is 0 Å². The summed E-state index contributed by atoms with van der Waals surface area (Å²) in [6.45, 7) is 7.13. The number of hydrogen-bond donors (Lipinski definition) is 2. The average molecular weight is 312 g/mol. The highest BCUT2D eigenvalue weighted by molar-refractivity contribution is 5.91. The van der Waals surface area contributed by atoms with Crippen LogP contribution in [0.2, 0.25) is 0 Å². The molecule has 2 N–H and O–H groups in total. The molecule has 4 nitrogen and oxygen atoms in total. The summed E-state index contributed by atoms with van der Waals surface area (Å²) in [6.07, 6.45) is 0.397. The Labute approximate surface area is 137 Å². The molecule has 0 saturated carbocycles. The Balaban J connectivity index is 1.87. The molecule has 0 bridgehead atoms. The third-order valence-electron chi connectivity index (χ3n) is 3.52. The van der Waals surface area contributed by atoms with Crippen LogP contribution in [0, 0.1) is 13.8 Å². The minimum atomic E-state index is 0.0000843. The molecule has 0 radical (unpaired) electrons. The minimum Gasteiger partial charge on any atom is -0.492 e. The zero-order chi connectivity index (χ0) is 16.7. The molecule has 0 spiro atoms. The van der Waals surface area contributed by atoms with Gasteiger partial charge in [-0.05, 0) is 50.1 Å². The zero-order valence-electron chi connectivity index (χ0n) is 14.0. The van der Waals surface area contributed by atoms with Gasteiger partial charge in [-0.1, -0.05) is 24.3 Å². The maximum absolute atomic E-state index is 12.1. The van der Waals surface area contributed by atoms with Crippen molar-refractivity contribution in [1.29, 1.82) is 0 Å². The number of ether oxygens (including phenoxy) is 1. The third kappa shape index (κ3) is 5.02. The van der Waals surface area contributed by atoms with Crippen molar-refractivity contribution in [1.82, 2.24) is 0 Å². The molecule has 0 aromatic heterocycles. The van der Waals surface area contributed by atoms with E-state index in [2.05, 4.69) is 10.6 Å². The Morgan fingerprint density at radius 3 is 2.65 bits per heavy atom. The Morgan fingerprint density at radius 1 is 1.09 bits per heavy atom. The number of para-hydroxylation sites is 2. The molecule has 4 heteroatoms. The standard InChI is InChI=1S/C19H24N2O2/c1-4-23-18-8-6-5-7-16(18)20-12-11-19(22)21-17-13-14(2)9-10-15(17)3/h5-10,13,20H,4,11-12H2,1-3H3,(H,21,22). The van der Waals surface area contributed by atoms with E-state index in [1.165, 1.54) is 0 Å². The van der Waals surface area contributed by atoms with Crippen molar-refractivity contribution in [3.05, 3.63) is 53.6 Å². The van der Waals surface area contributed by atoms with Gasteiger partial charge in [-0.25, -0.2) is 0 Å². The topological polar surface area (TPSA) is 50.4 Å². The van der Waals surface area contributed by atoms with Gasteiger partial charge in [0.05, 0.1) is 12.3 Å². The van der Waals surface area contributed by atoms with Gasteiger partial charge in [0.25, 0.3) is 0 Å². The highest BCUT2D eigenvalue weighted by Crippen LogP contribution is 2.23. The van der Waals surface area contributed by atoms with E-state index in [4.69, 9.17) is 4.74 Å². The highest BCUT2D eigenvalue weighted by Gasteiger charge is 2.06. The van der Waals surface area contributed by atoms with Crippen molar-refractivity contribution in [3.63, 3.8) is 0 Å².